The van der Waals surface area contributed by atoms with E-state index in [9.17, 15) is 35.1 Å². The number of nitrogens with one attached hydrogen (secondary N) is 1. The van der Waals surface area contributed by atoms with Crippen LogP contribution in [0.4, 0.5) is 0 Å². The van der Waals surface area contributed by atoms with Gasteiger partial charge in [-0.05, 0) is 96.3 Å². The Morgan fingerprint density at radius 3 is 1.41 bits per heavy atom. The molecule has 11 nitrogen and oxygen atoms in total. The van der Waals surface area contributed by atoms with Gasteiger partial charge in [0.25, 0.3) is 0 Å². The average Bonchev–Trinajstić information content (AvgIpc) is 3.41. The Morgan fingerprint density at radius 1 is 0.520 bits per heavy atom. The number of carbonyl (C=O) groups is 2. The molecule has 0 radical (unpaired) electrons. The minimum absolute atomic E-state index is 0.107. The first kappa shape index (κ1) is 70.1. The number of amides is 1. The van der Waals surface area contributed by atoms with Gasteiger partial charge in [-0.1, -0.05) is 229 Å². The third-order valence-electron chi connectivity index (χ3n) is 14.1. The summed E-state index contributed by atoms with van der Waals surface area (Å²) in [5.74, 6) is -1.22. The van der Waals surface area contributed by atoms with Gasteiger partial charge in [0, 0.05) is 6.42 Å². The van der Waals surface area contributed by atoms with E-state index in [4.69, 9.17) is 14.2 Å². The van der Waals surface area contributed by atoms with Crippen molar-refractivity contribution in [2.45, 2.75) is 307 Å². The maximum Gasteiger partial charge on any atom is 0.306 e. The third kappa shape index (κ3) is 40.0. The van der Waals surface area contributed by atoms with Crippen molar-refractivity contribution in [3.63, 3.8) is 0 Å². The summed E-state index contributed by atoms with van der Waals surface area (Å²) in [5, 5.41) is 56.8. The zero-order valence-corrected chi connectivity index (χ0v) is 47.9. The molecular formula is C64H113NO10. The van der Waals surface area contributed by atoms with E-state index in [-0.39, 0.29) is 19.4 Å². The maximum absolute atomic E-state index is 13.4. The Balaban J connectivity index is 2.65. The molecule has 434 valence electrons. The zero-order chi connectivity index (χ0) is 54.7. The van der Waals surface area contributed by atoms with Crippen molar-refractivity contribution >= 4 is 11.9 Å². The Kier molecular flexibility index (Phi) is 48.5. The van der Waals surface area contributed by atoms with Crippen LogP contribution in [0.15, 0.2) is 72.9 Å². The van der Waals surface area contributed by atoms with Crippen LogP contribution in [0.3, 0.4) is 0 Å². The lowest BCUT2D eigenvalue weighted by molar-refractivity contribution is -0.305. The number of aliphatic hydroxyl groups is 5. The van der Waals surface area contributed by atoms with E-state index in [2.05, 4.69) is 86.8 Å². The number of unbranched alkanes of at least 4 members (excludes halogenated alkanes) is 27. The van der Waals surface area contributed by atoms with Crippen LogP contribution in [0.25, 0.3) is 0 Å². The molecule has 1 fully saturated rings. The van der Waals surface area contributed by atoms with Gasteiger partial charge in [0.1, 0.15) is 24.4 Å². The summed E-state index contributed by atoms with van der Waals surface area (Å²) >= 11 is 0. The van der Waals surface area contributed by atoms with E-state index < -0.39 is 67.4 Å². The first-order chi connectivity index (χ1) is 36.7. The number of ether oxygens (including phenoxy) is 3. The van der Waals surface area contributed by atoms with Gasteiger partial charge in [0.05, 0.1) is 25.4 Å². The fraction of sp³-hybridized carbons (Fsp3) is 0.781. The highest BCUT2D eigenvalue weighted by Gasteiger charge is 2.47. The summed E-state index contributed by atoms with van der Waals surface area (Å²) < 4.78 is 17.6. The number of rotatable bonds is 51. The average molecular weight is 1060 g/mol. The molecule has 0 aromatic rings. The van der Waals surface area contributed by atoms with Crippen LogP contribution in [0.1, 0.15) is 258 Å². The number of carbonyl (C=O) groups excluding carboxylic acids is 2. The molecule has 0 bridgehead atoms. The van der Waals surface area contributed by atoms with E-state index in [0.717, 1.165) is 103 Å². The first-order valence-corrected chi connectivity index (χ1v) is 30.7. The van der Waals surface area contributed by atoms with Crippen molar-refractivity contribution in [1.29, 1.82) is 0 Å². The lowest BCUT2D eigenvalue weighted by Gasteiger charge is -2.41. The second kappa shape index (κ2) is 51.8. The number of allylic oxidation sites excluding steroid dienone is 11. The summed E-state index contributed by atoms with van der Waals surface area (Å²) in [6, 6.07) is -1.03. The zero-order valence-electron chi connectivity index (χ0n) is 47.9. The fourth-order valence-corrected chi connectivity index (χ4v) is 9.16. The van der Waals surface area contributed by atoms with Crippen LogP contribution in [-0.2, 0) is 23.8 Å². The van der Waals surface area contributed by atoms with Crippen molar-refractivity contribution in [2.24, 2.45) is 0 Å². The summed E-state index contributed by atoms with van der Waals surface area (Å²) in [6.45, 7) is 5.72. The summed E-state index contributed by atoms with van der Waals surface area (Å²) in [7, 11) is 0. The minimum atomic E-state index is -1.62. The Bertz CT molecular complexity index is 1490. The molecule has 0 aliphatic carbocycles. The molecule has 0 aromatic heterocycles. The normalized spacial score (nSPS) is 19.7. The SMILES string of the molecule is CCCCC/C=C\C/C=C\C/C=C\C/C=C\CCCCCCCCCC(=O)OC1C(OCC(NC(=O)C(O)CCCC/C=C\CCCCCCCC)C(O)/C=C/CCCCCCCCCCC)OC(CO)C(O)C1O. The number of aliphatic hydroxyl groups excluding tert-OH is 5. The Labute approximate surface area is 458 Å². The highest BCUT2D eigenvalue weighted by Crippen LogP contribution is 2.26. The number of hydrogen-bond donors (Lipinski definition) is 6. The van der Waals surface area contributed by atoms with Gasteiger partial charge >= 0.3 is 5.97 Å². The van der Waals surface area contributed by atoms with Crippen LogP contribution in [0.2, 0.25) is 0 Å². The fourth-order valence-electron chi connectivity index (χ4n) is 9.16. The lowest BCUT2D eigenvalue weighted by Crippen LogP contribution is -2.61. The topological polar surface area (TPSA) is 175 Å². The van der Waals surface area contributed by atoms with Crippen molar-refractivity contribution in [2.75, 3.05) is 13.2 Å². The molecule has 1 rings (SSSR count). The van der Waals surface area contributed by atoms with Gasteiger partial charge < -0.3 is 45.1 Å². The molecule has 0 saturated carbocycles. The monoisotopic (exact) mass is 1060 g/mol. The van der Waals surface area contributed by atoms with Crippen LogP contribution in [0, 0.1) is 0 Å². The molecule has 6 N–H and O–H groups in total. The van der Waals surface area contributed by atoms with Crippen molar-refractivity contribution < 1.29 is 49.3 Å². The van der Waals surface area contributed by atoms with Crippen molar-refractivity contribution in [3.8, 4) is 0 Å². The molecular weight excluding hydrogens is 943 g/mol. The molecule has 8 unspecified atom stereocenters. The second-order valence-electron chi connectivity index (χ2n) is 21.1. The molecule has 11 heteroatoms. The van der Waals surface area contributed by atoms with E-state index in [1.165, 1.54) is 109 Å². The van der Waals surface area contributed by atoms with E-state index in [0.29, 0.717) is 12.8 Å². The molecule has 8 atom stereocenters. The molecule has 1 aliphatic heterocycles. The van der Waals surface area contributed by atoms with Gasteiger partial charge in [-0.25, -0.2) is 0 Å². The summed E-state index contributed by atoms with van der Waals surface area (Å²) in [4.78, 5) is 26.5. The van der Waals surface area contributed by atoms with E-state index >= 15 is 0 Å². The highest BCUT2D eigenvalue weighted by atomic mass is 16.7. The Hall–Kier alpha value is -2.90. The number of hydrogen-bond acceptors (Lipinski definition) is 10. The van der Waals surface area contributed by atoms with Gasteiger partial charge in [0.15, 0.2) is 12.4 Å². The van der Waals surface area contributed by atoms with Crippen LogP contribution in [0.5, 0.6) is 0 Å². The molecule has 0 spiro atoms. The highest BCUT2D eigenvalue weighted by molar-refractivity contribution is 5.80. The van der Waals surface area contributed by atoms with Crippen molar-refractivity contribution in [3.05, 3.63) is 72.9 Å². The second-order valence-corrected chi connectivity index (χ2v) is 21.1. The maximum atomic E-state index is 13.4. The predicted octanol–water partition coefficient (Wildman–Crippen LogP) is 14.4. The third-order valence-corrected chi connectivity index (χ3v) is 14.1. The van der Waals surface area contributed by atoms with E-state index in [1.54, 1.807) is 6.08 Å². The molecule has 1 heterocycles. The van der Waals surface area contributed by atoms with Crippen molar-refractivity contribution in [1.82, 2.24) is 5.32 Å². The van der Waals surface area contributed by atoms with Gasteiger partial charge in [0.2, 0.25) is 5.91 Å². The molecule has 75 heavy (non-hydrogen) atoms. The van der Waals surface area contributed by atoms with Gasteiger partial charge in [-0.15, -0.1) is 0 Å². The van der Waals surface area contributed by atoms with Crippen LogP contribution < -0.4 is 5.32 Å². The molecule has 0 aromatic carbocycles. The predicted molar refractivity (Wildman–Crippen MR) is 310 cm³/mol. The van der Waals surface area contributed by atoms with Crippen LogP contribution >= 0.6 is 0 Å². The van der Waals surface area contributed by atoms with E-state index in [1.807, 2.05) is 6.08 Å². The van der Waals surface area contributed by atoms with Gasteiger partial charge in [-0.3, -0.25) is 9.59 Å². The molecule has 1 amide bonds. The number of esters is 1. The molecule has 1 aliphatic rings. The largest absolute Gasteiger partial charge is 0.454 e. The lowest BCUT2D eigenvalue weighted by atomic mass is 9.99. The Morgan fingerprint density at radius 2 is 0.920 bits per heavy atom. The smallest absolute Gasteiger partial charge is 0.306 e. The molecule has 1 saturated heterocycles. The van der Waals surface area contributed by atoms with Gasteiger partial charge in [-0.2, -0.15) is 0 Å². The summed E-state index contributed by atoms with van der Waals surface area (Å²) in [5.41, 5.74) is 0. The summed E-state index contributed by atoms with van der Waals surface area (Å²) in [6.07, 6.45) is 55.2. The minimum Gasteiger partial charge on any atom is -0.454 e. The first-order valence-electron chi connectivity index (χ1n) is 30.7. The standard InChI is InChI=1S/C64H113NO10/c1-4-7-10-13-16-19-22-24-25-26-27-28-29-30-31-32-33-34-37-40-43-46-49-52-59(69)75-62-61(71)60(70)58(53-66)74-64(62)73-54-55(56(67)50-47-44-41-38-35-21-18-15-12-9-6-3)65-63(72)57(68)51-48-45-42-39-36-23-20-17-14-11-8-5-2/h16,19,24-25,27-28,30-31,36,39,47,50,55-58,60-62,64,66-68,70-71H,4-15,17-18,20-23,26,29,32-35,37-38,40-46,48-49,51-54H2,1-3H3,(H,65,72)/b19-16-,25-24-,28-27-,31-30-,39-36-,50-47+. The van der Waals surface area contributed by atoms with Crippen LogP contribution in [-0.4, -0.2) is 99.6 Å². The quantitative estimate of drug-likeness (QED) is 0.0195.